The second kappa shape index (κ2) is 1.10. The van der Waals surface area contributed by atoms with Crippen LogP contribution in [0.25, 0.3) is 0 Å². The van der Waals surface area contributed by atoms with Crippen LogP contribution < -0.4 is 0 Å². The van der Waals surface area contributed by atoms with Crippen molar-refractivity contribution in [2.75, 3.05) is 13.6 Å². The summed E-state index contributed by atoms with van der Waals surface area (Å²) in [5.74, 6) is 0. The van der Waals surface area contributed by atoms with E-state index in [4.69, 9.17) is 0 Å². The molecule has 0 radical (unpaired) electrons. The first-order valence-corrected chi connectivity index (χ1v) is 3.58. The zero-order chi connectivity index (χ0) is 5.78. The highest BCUT2D eigenvalue weighted by molar-refractivity contribution is 4.83. The van der Waals surface area contributed by atoms with Crippen molar-refractivity contribution in [1.29, 1.82) is 0 Å². The highest BCUT2D eigenvalue weighted by Gasteiger charge is 2.57. The third-order valence-electron chi connectivity index (χ3n) is 2.91. The summed E-state index contributed by atoms with van der Waals surface area (Å²) in [6, 6.07) is 2.06. The van der Waals surface area contributed by atoms with E-state index in [-0.39, 0.29) is 0 Å². The largest absolute Gasteiger partial charge is 0.312 e. The Morgan fingerprint density at radius 1 is 1.38 bits per heavy atom. The molecule has 1 heteroatoms. The molecule has 46 valence electrons. The zero-order valence-electron chi connectivity index (χ0n) is 5.72. The minimum absolute atomic E-state index is 0.988. The first kappa shape index (κ1) is 4.80. The monoisotopic (exact) mass is 112 g/mol. The molecule has 1 aliphatic heterocycles. The van der Waals surface area contributed by atoms with Crippen molar-refractivity contribution in [2.24, 2.45) is 0 Å². The molecule has 8 heavy (non-hydrogen) atoms. The van der Waals surface area contributed by atoms with Crippen molar-refractivity contribution in [3.05, 3.63) is 0 Å². The van der Waals surface area contributed by atoms with E-state index < -0.39 is 0 Å². The average Bonchev–Trinajstić information content (AvgIpc) is 2.44. The second-order valence-electron chi connectivity index (χ2n) is 3.61. The van der Waals surface area contributed by atoms with Crippen LogP contribution in [0.5, 0.6) is 0 Å². The van der Waals surface area contributed by atoms with Gasteiger partial charge in [0, 0.05) is 12.8 Å². The molecule has 2 aliphatic rings. The summed E-state index contributed by atoms with van der Waals surface area (Å²) in [7, 11) is 2.39. The highest BCUT2D eigenvalue weighted by atomic mass is 15.5. The summed E-state index contributed by atoms with van der Waals surface area (Å²) in [6.07, 6.45) is 3.00. The van der Waals surface area contributed by atoms with E-state index in [0.717, 1.165) is 12.1 Å². The first-order valence-electron chi connectivity index (χ1n) is 3.58. The molecule has 0 aromatic heterocycles. The van der Waals surface area contributed by atoms with Gasteiger partial charge in [-0.05, 0) is 6.92 Å². The van der Waals surface area contributed by atoms with Crippen LogP contribution in [0.1, 0.15) is 19.8 Å². The van der Waals surface area contributed by atoms with E-state index in [1.807, 2.05) is 0 Å². The Morgan fingerprint density at radius 2 is 1.88 bits per heavy atom. The van der Waals surface area contributed by atoms with Gasteiger partial charge in [-0.1, -0.05) is 0 Å². The second-order valence-corrected chi connectivity index (χ2v) is 3.61. The average molecular weight is 112 g/mol. The van der Waals surface area contributed by atoms with Gasteiger partial charge in [0.05, 0.1) is 13.1 Å². The van der Waals surface area contributed by atoms with Crippen LogP contribution in [-0.4, -0.2) is 30.2 Å². The van der Waals surface area contributed by atoms with E-state index >= 15 is 0 Å². The third-order valence-corrected chi connectivity index (χ3v) is 2.91. The number of rotatable bonds is 1. The molecule has 0 aromatic rings. The van der Waals surface area contributed by atoms with Gasteiger partial charge in [-0.25, -0.2) is 0 Å². The summed E-state index contributed by atoms with van der Waals surface area (Å²) in [5.41, 5.74) is 0. The number of hydrogen-bond donors (Lipinski definition) is 0. The molecule has 1 nitrogen and oxygen atoms in total. The molecular weight excluding hydrogens is 98.1 g/mol. The molecule has 0 aromatic carbocycles. The van der Waals surface area contributed by atoms with Crippen molar-refractivity contribution in [3.8, 4) is 0 Å². The van der Waals surface area contributed by atoms with E-state index in [2.05, 4.69) is 14.0 Å². The maximum Gasteiger partial charge on any atom is 0.136 e. The fourth-order valence-corrected chi connectivity index (χ4v) is 1.70. The fourth-order valence-electron chi connectivity index (χ4n) is 1.70. The van der Waals surface area contributed by atoms with Crippen molar-refractivity contribution in [2.45, 2.75) is 31.8 Å². The van der Waals surface area contributed by atoms with Crippen molar-refractivity contribution in [1.82, 2.24) is 0 Å². The Hall–Kier alpha value is -0.0400. The lowest BCUT2D eigenvalue weighted by Gasteiger charge is -2.10. The number of nitrogens with zero attached hydrogens (tertiary/aromatic N) is 1. The molecule has 2 atom stereocenters. The summed E-state index contributed by atoms with van der Waals surface area (Å²) >= 11 is 0. The predicted molar refractivity (Wildman–Crippen MR) is 33.5 cm³/mol. The van der Waals surface area contributed by atoms with Gasteiger partial charge in [-0.2, -0.15) is 0 Å². The van der Waals surface area contributed by atoms with Gasteiger partial charge in [0.1, 0.15) is 12.6 Å². The number of likely N-dealkylation sites (N-methyl/N-ethyl adjacent to an activating group) is 1. The Labute approximate surface area is 50.9 Å². The molecule has 0 bridgehead atoms. The quantitative estimate of drug-likeness (QED) is 0.350. The van der Waals surface area contributed by atoms with Crippen LogP contribution in [-0.2, 0) is 0 Å². The standard InChI is InChI=1S/C7H14N/c1-6-5-8(6,2)7-3-4-7/h6-7H,3-5H2,1-2H3/q+1/t6-,8?/m0/s1. The Balaban J connectivity index is 2.04. The van der Waals surface area contributed by atoms with Crippen molar-refractivity contribution >= 4 is 0 Å². The van der Waals surface area contributed by atoms with E-state index in [1.54, 1.807) is 0 Å². The molecule has 2 rings (SSSR count). The molecule has 2 fully saturated rings. The van der Waals surface area contributed by atoms with Gasteiger partial charge in [0.15, 0.2) is 0 Å². The lowest BCUT2D eigenvalue weighted by Crippen LogP contribution is -2.24. The van der Waals surface area contributed by atoms with E-state index in [1.165, 1.54) is 23.9 Å². The summed E-state index contributed by atoms with van der Waals surface area (Å²) in [5, 5.41) is 0. The maximum absolute atomic E-state index is 2.39. The smallest absolute Gasteiger partial charge is 0.136 e. The molecule has 0 N–H and O–H groups in total. The predicted octanol–water partition coefficient (Wildman–Crippen LogP) is 0.998. The SMILES string of the molecule is C[C@H]1C[N+]1(C)C1CC1. The van der Waals surface area contributed by atoms with Crippen molar-refractivity contribution < 1.29 is 4.48 Å². The van der Waals surface area contributed by atoms with Gasteiger partial charge in [0.25, 0.3) is 0 Å². The van der Waals surface area contributed by atoms with Gasteiger partial charge < -0.3 is 4.48 Å². The topological polar surface area (TPSA) is 0 Å². The highest BCUT2D eigenvalue weighted by Crippen LogP contribution is 2.42. The van der Waals surface area contributed by atoms with Crippen LogP contribution in [0.2, 0.25) is 0 Å². The third kappa shape index (κ3) is 0.455. The van der Waals surface area contributed by atoms with E-state index in [9.17, 15) is 0 Å². The molecule has 1 saturated carbocycles. The Morgan fingerprint density at radius 3 is 2.00 bits per heavy atom. The van der Waals surface area contributed by atoms with E-state index in [0.29, 0.717) is 0 Å². The maximum atomic E-state index is 2.39. The lowest BCUT2D eigenvalue weighted by atomic mass is 10.5. The van der Waals surface area contributed by atoms with Crippen LogP contribution in [0, 0.1) is 0 Å². The van der Waals surface area contributed by atoms with Crippen LogP contribution >= 0.6 is 0 Å². The van der Waals surface area contributed by atoms with Crippen molar-refractivity contribution in [3.63, 3.8) is 0 Å². The Kier molecular flexibility index (Phi) is 0.663. The molecule has 1 aliphatic carbocycles. The van der Waals surface area contributed by atoms with Gasteiger partial charge in [0.2, 0.25) is 0 Å². The lowest BCUT2D eigenvalue weighted by molar-refractivity contribution is -0.802. The molecule has 1 unspecified atom stereocenters. The van der Waals surface area contributed by atoms with Crippen LogP contribution in [0.15, 0.2) is 0 Å². The van der Waals surface area contributed by atoms with Gasteiger partial charge >= 0.3 is 0 Å². The molecule has 1 saturated heterocycles. The summed E-state index contributed by atoms with van der Waals surface area (Å²) in [4.78, 5) is 0. The zero-order valence-corrected chi connectivity index (χ0v) is 5.72. The normalized spacial score (nSPS) is 54.0. The molecule has 1 heterocycles. The molecule has 0 amide bonds. The van der Waals surface area contributed by atoms with Crippen LogP contribution in [0.4, 0.5) is 0 Å². The molecule has 0 spiro atoms. The fraction of sp³-hybridized carbons (Fsp3) is 1.00. The number of quaternary nitrogens is 1. The van der Waals surface area contributed by atoms with Crippen LogP contribution in [0.3, 0.4) is 0 Å². The van der Waals surface area contributed by atoms with Gasteiger partial charge in [-0.15, -0.1) is 0 Å². The summed E-state index contributed by atoms with van der Waals surface area (Å²) in [6.45, 7) is 3.81. The summed E-state index contributed by atoms with van der Waals surface area (Å²) < 4.78 is 1.40. The number of hydrogen-bond acceptors (Lipinski definition) is 0. The molecular formula is C7H14N+. The minimum atomic E-state index is 0.988. The Bertz CT molecular complexity index is 118. The van der Waals surface area contributed by atoms with Gasteiger partial charge in [-0.3, -0.25) is 0 Å². The minimum Gasteiger partial charge on any atom is -0.312 e. The first-order chi connectivity index (χ1) is 3.73.